The zero-order valence-electron chi connectivity index (χ0n) is 10.9. The van der Waals surface area contributed by atoms with Gasteiger partial charge in [0.1, 0.15) is 0 Å². The van der Waals surface area contributed by atoms with Crippen LogP contribution in [0.4, 0.5) is 5.95 Å². The normalized spacial score (nSPS) is 17.4. The van der Waals surface area contributed by atoms with E-state index in [4.69, 9.17) is 5.73 Å². The van der Waals surface area contributed by atoms with Crippen molar-refractivity contribution in [2.45, 2.75) is 12.8 Å². The van der Waals surface area contributed by atoms with Crippen molar-refractivity contribution in [2.75, 3.05) is 39.5 Å². The first-order chi connectivity index (χ1) is 8.56. The Balaban J connectivity index is 1.88. The molecule has 7 nitrogen and oxygen atoms in total. The molecule has 1 fully saturated rings. The van der Waals surface area contributed by atoms with Crippen molar-refractivity contribution < 1.29 is 4.79 Å². The monoisotopic (exact) mass is 252 g/mol. The summed E-state index contributed by atoms with van der Waals surface area (Å²) in [5.41, 5.74) is 5.39. The van der Waals surface area contributed by atoms with Gasteiger partial charge in [0.25, 0.3) is 5.91 Å². The maximum Gasteiger partial charge on any atom is 0.291 e. The molecule has 0 bridgehead atoms. The Kier molecular flexibility index (Phi) is 3.81. The van der Waals surface area contributed by atoms with Gasteiger partial charge in [0, 0.05) is 19.6 Å². The molecule has 0 saturated carbocycles. The lowest BCUT2D eigenvalue weighted by atomic mass is 9.96. The standard InChI is InChI=1S/C11H20N6O/c1-16(2)7-8-3-5-17(6-4-8)10(18)9-13-11(12)15-14-9/h8H,3-7H2,1-2H3,(H3,12,13,14,15). The average molecular weight is 252 g/mol. The van der Waals surface area contributed by atoms with Gasteiger partial charge in [0.15, 0.2) is 0 Å². The SMILES string of the molecule is CN(C)CC1CCN(C(=O)c2nc(N)n[nH]2)CC1. The molecule has 100 valence electrons. The van der Waals surface area contributed by atoms with Gasteiger partial charge in [-0.05, 0) is 32.9 Å². The molecular formula is C11H20N6O. The Hall–Kier alpha value is -1.63. The first kappa shape index (κ1) is 12.8. The Morgan fingerprint density at radius 1 is 1.50 bits per heavy atom. The summed E-state index contributed by atoms with van der Waals surface area (Å²) in [6.45, 7) is 2.63. The number of amides is 1. The maximum atomic E-state index is 12.1. The van der Waals surface area contributed by atoms with Crippen LogP contribution in [0.5, 0.6) is 0 Å². The number of aromatic amines is 1. The molecule has 1 aliphatic rings. The molecule has 3 N–H and O–H groups in total. The van der Waals surface area contributed by atoms with Crippen molar-refractivity contribution >= 4 is 11.9 Å². The summed E-state index contributed by atoms with van der Waals surface area (Å²) < 4.78 is 0. The molecular weight excluding hydrogens is 232 g/mol. The molecule has 18 heavy (non-hydrogen) atoms. The van der Waals surface area contributed by atoms with Gasteiger partial charge in [-0.1, -0.05) is 0 Å². The third-order valence-electron chi connectivity index (χ3n) is 3.23. The van der Waals surface area contributed by atoms with E-state index in [2.05, 4.69) is 34.2 Å². The topological polar surface area (TPSA) is 91.1 Å². The molecule has 0 aromatic carbocycles. The number of nitrogens with one attached hydrogen (secondary N) is 1. The number of aromatic nitrogens is 3. The molecule has 0 unspecified atom stereocenters. The zero-order valence-corrected chi connectivity index (χ0v) is 10.9. The highest BCUT2D eigenvalue weighted by Gasteiger charge is 2.25. The Bertz CT molecular complexity index is 407. The second-order valence-electron chi connectivity index (χ2n) is 5.04. The van der Waals surface area contributed by atoms with Gasteiger partial charge in [-0.3, -0.25) is 9.89 Å². The van der Waals surface area contributed by atoms with E-state index in [1.807, 2.05) is 4.90 Å². The van der Waals surface area contributed by atoms with Crippen LogP contribution in [0.1, 0.15) is 23.5 Å². The van der Waals surface area contributed by atoms with E-state index in [9.17, 15) is 4.79 Å². The molecule has 2 heterocycles. The highest BCUT2D eigenvalue weighted by atomic mass is 16.2. The number of nitrogens with zero attached hydrogens (tertiary/aromatic N) is 4. The lowest BCUT2D eigenvalue weighted by Crippen LogP contribution is -2.41. The smallest absolute Gasteiger partial charge is 0.291 e. The lowest BCUT2D eigenvalue weighted by molar-refractivity contribution is 0.0666. The molecule has 1 amide bonds. The van der Waals surface area contributed by atoms with E-state index in [0.717, 1.165) is 32.5 Å². The molecule has 0 atom stereocenters. The van der Waals surface area contributed by atoms with E-state index >= 15 is 0 Å². The summed E-state index contributed by atoms with van der Waals surface area (Å²) in [6.07, 6.45) is 2.07. The number of anilines is 1. The minimum Gasteiger partial charge on any atom is -0.366 e. The fraction of sp³-hybridized carbons (Fsp3) is 0.727. The summed E-state index contributed by atoms with van der Waals surface area (Å²) in [5, 5.41) is 6.23. The minimum atomic E-state index is -0.109. The van der Waals surface area contributed by atoms with Crippen LogP contribution in [0, 0.1) is 5.92 Å². The van der Waals surface area contributed by atoms with E-state index < -0.39 is 0 Å². The first-order valence-electron chi connectivity index (χ1n) is 6.18. The zero-order chi connectivity index (χ0) is 13.1. The summed E-state index contributed by atoms with van der Waals surface area (Å²) in [7, 11) is 4.16. The predicted molar refractivity (Wildman–Crippen MR) is 68.0 cm³/mol. The predicted octanol–water partition coefficient (Wildman–Crippen LogP) is -0.199. The van der Waals surface area contributed by atoms with Gasteiger partial charge in [-0.2, -0.15) is 4.98 Å². The molecule has 0 aliphatic carbocycles. The molecule has 0 spiro atoms. The highest BCUT2D eigenvalue weighted by molar-refractivity contribution is 5.90. The molecule has 0 radical (unpaired) electrons. The van der Waals surface area contributed by atoms with Crippen LogP contribution in [-0.4, -0.2) is 64.6 Å². The number of piperidine rings is 1. The van der Waals surface area contributed by atoms with Gasteiger partial charge in [-0.15, -0.1) is 5.10 Å². The van der Waals surface area contributed by atoms with E-state index in [1.54, 1.807) is 0 Å². The van der Waals surface area contributed by atoms with Gasteiger partial charge in [0.2, 0.25) is 11.8 Å². The number of hydrogen-bond acceptors (Lipinski definition) is 5. The van der Waals surface area contributed by atoms with Crippen LogP contribution in [0.15, 0.2) is 0 Å². The summed E-state index contributed by atoms with van der Waals surface area (Å²) in [5.74, 6) is 0.908. The van der Waals surface area contributed by atoms with Crippen molar-refractivity contribution in [2.24, 2.45) is 5.92 Å². The number of nitrogen functional groups attached to an aromatic ring is 1. The second-order valence-corrected chi connectivity index (χ2v) is 5.04. The van der Waals surface area contributed by atoms with Crippen LogP contribution in [0.3, 0.4) is 0 Å². The Labute approximate surface area is 106 Å². The van der Waals surface area contributed by atoms with E-state index in [-0.39, 0.29) is 17.7 Å². The molecule has 1 saturated heterocycles. The largest absolute Gasteiger partial charge is 0.366 e. The summed E-state index contributed by atoms with van der Waals surface area (Å²) >= 11 is 0. The lowest BCUT2D eigenvalue weighted by Gasteiger charge is -2.32. The van der Waals surface area contributed by atoms with Crippen molar-refractivity contribution in [1.29, 1.82) is 0 Å². The quantitative estimate of drug-likeness (QED) is 0.777. The van der Waals surface area contributed by atoms with E-state index in [0.29, 0.717) is 5.92 Å². The van der Waals surface area contributed by atoms with Gasteiger partial charge >= 0.3 is 0 Å². The van der Waals surface area contributed by atoms with Crippen LogP contribution in [0.2, 0.25) is 0 Å². The molecule has 2 rings (SSSR count). The number of rotatable bonds is 3. The van der Waals surface area contributed by atoms with Gasteiger partial charge in [-0.25, -0.2) is 0 Å². The molecule has 1 aromatic heterocycles. The van der Waals surface area contributed by atoms with Crippen LogP contribution in [0.25, 0.3) is 0 Å². The highest BCUT2D eigenvalue weighted by Crippen LogP contribution is 2.18. The molecule has 7 heteroatoms. The molecule has 1 aromatic rings. The van der Waals surface area contributed by atoms with E-state index in [1.165, 1.54) is 0 Å². The number of H-pyrrole nitrogens is 1. The average Bonchev–Trinajstić information content (AvgIpc) is 2.75. The third kappa shape index (κ3) is 2.98. The summed E-state index contributed by atoms with van der Waals surface area (Å²) in [4.78, 5) is 19.9. The second kappa shape index (κ2) is 5.34. The number of carbonyl (C=O) groups is 1. The number of nitrogens with two attached hydrogens (primary N) is 1. The van der Waals surface area contributed by atoms with Crippen molar-refractivity contribution in [3.8, 4) is 0 Å². The third-order valence-corrected chi connectivity index (χ3v) is 3.23. The van der Waals surface area contributed by atoms with Crippen LogP contribution in [-0.2, 0) is 0 Å². The Morgan fingerprint density at radius 3 is 2.67 bits per heavy atom. The van der Waals surface area contributed by atoms with Crippen LogP contribution >= 0.6 is 0 Å². The number of carbonyl (C=O) groups excluding carboxylic acids is 1. The van der Waals surface area contributed by atoms with Crippen molar-refractivity contribution in [3.63, 3.8) is 0 Å². The van der Waals surface area contributed by atoms with Gasteiger partial charge in [0.05, 0.1) is 0 Å². The van der Waals surface area contributed by atoms with Crippen molar-refractivity contribution in [1.82, 2.24) is 25.0 Å². The number of hydrogen-bond donors (Lipinski definition) is 2. The fourth-order valence-corrected chi connectivity index (χ4v) is 2.36. The summed E-state index contributed by atoms with van der Waals surface area (Å²) in [6, 6.07) is 0. The fourth-order valence-electron chi connectivity index (χ4n) is 2.36. The minimum absolute atomic E-state index is 0.109. The molecule has 1 aliphatic heterocycles. The number of likely N-dealkylation sites (tertiary alicyclic amines) is 1. The first-order valence-corrected chi connectivity index (χ1v) is 6.18. The Morgan fingerprint density at radius 2 is 2.17 bits per heavy atom. The van der Waals surface area contributed by atoms with Gasteiger partial charge < -0.3 is 15.5 Å². The maximum absolute atomic E-state index is 12.1. The van der Waals surface area contributed by atoms with Crippen molar-refractivity contribution in [3.05, 3.63) is 5.82 Å². The van der Waals surface area contributed by atoms with Crippen LogP contribution < -0.4 is 5.73 Å².